The van der Waals surface area contributed by atoms with E-state index in [0.717, 1.165) is 10.6 Å². The van der Waals surface area contributed by atoms with E-state index in [4.69, 9.17) is 10.2 Å². The third-order valence-electron chi connectivity index (χ3n) is 2.86. The molecule has 0 spiro atoms. The summed E-state index contributed by atoms with van der Waals surface area (Å²) in [6.45, 7) is 1.93. The van der Waals surface area contributed by atoms with Crippen molar-refractivity contribution in [1.82, 2.24) is 4.98 Å². The van der Waals surface area contributed by atoms with Crippen molar-refractivity contribution in [3.05, 3.63) is 42.1 Å². The Bertz CT molecular complexity index is 580. The normalized spacial score (nSPS) is 12.2. The first-order valence-electron chi connectivity index (χ1n) is 6.30. The molecular formula is C14H17N3O2S. The minimum Gasteiger partial charge on any atom is -0.446 e. The van der Waals surface area contributed by atoms with Crippen molar-refractivity contribution in [3.8, 4) is 0 Å². The lowest BCUT2D eigenvalue weighted by Gasteiger charge is -2.04. The van der Waals surface area contributed by atoms with E-state index in [0.29, 0.717) is 12.3 Å². The molecule has 0 aliphatic carbocycles. The lowest BCUT2D eigenvalue weighted by molar-refractivity contribution is 0.102. The van der Waals surface area contributed by atoms with Crippen LogP contribution in [0.2, 0.25) is 0 Å². The van der Waals surface area contributed by atoms with E-state index in [2.05, 4.69) is 10.3 Å². The standard InChI is InChI=1S/C14H17N3O2S/c1-3-11(15)14-17-12(8-19-14)13(18)16-9-4-6-10(20-2)7-5-9/h4-8,11H,3,15H2,1-2H3,(H,16,18). The molecule has 2 rings (SSSR count). The average molecular weight is 291 g/mol. The lowest BCUT2D eigenvalue weighted by atomic mass is 10.2. The fourth-order valence-electron chi connectivity index (χ4n) is 1.61. The van der Waals surface area contributed by atoms with Crippen LogP contribution >= 0.6 is 11.8 Å². The summed E-state index contributed by atoms with van der Waals surface area (Å²) >= 11 is 1.65. The zero-order valence-electron chi connectivity index (χ0n) is 11.4. The number of thioether (sulfide) groups is 1. The number of benzene rings is 1. The molecule has 0 aliphatic rings. The lowest BCUT2D eigenvalue weighted by Crippen LogP contribution is -2.14. The molecule has 20 heavy (non-hydrogen) atoms. The Morgan fingerprint density at radius 1 is 1.45 bits per heavy atom. The quantitative estimate of drug-likeness (QED) is 0.827. The summed E-state index contributed by atoms with van der Waals surface area (Å²) < 4.78 is 5.21. The van der Waals surface area contributed by atoms with Crippen molar-refractivity contribution in [1.29, 1.82) is 0 Å². The summed E-state index contributed by atoms with van der Waals surface area (Å²) in [5.74, 6) is 0.0792. The van der Waals surface area contributed by atoms with Crippen LogP contribution in [0.5, 0.6) is 0 Å². The first kappa shape index (κ1) is 14.6. The van der Waals surface area contributed by atoms with Gasteiger partial charge in [-0.25, -0.2) is 4.98 Å². The number of nitrogens with one attached hydrogen (secondary N) is 1. The number of carbonyl (C=O) groups is 1. The number of rotatable bonds is 5. The summed E-state index contributed by atoms with van der Waals surface area (Å²) in [5.41, 5.74) is 6.76. The highest BCUT2D eigenvalue weighted by Crippen LogP contribution is 2.18. The summed E-state index contributed by atoms with van der Waals surface area (Å²) in [6.07, 6.45) is 4.04. The van der Waals surface area contributed by atoms with Gasteiger partial charge in [-0.2, -0.15) is 0 Å². The van der Waals surface area contributed by atoms with Gasteiger partial charge in [0.05, 0.1) is 6.04 Å². The van der Waals surface area contributed by atoms with Crippen molar-refractivity contribution in [3.63, 3.8) is 0 Å². The maximum Gasteiger partial charge on any atom is 0.277 e. The van der Waals surface area contributed by atoms with Crippen molar-refractivity contribution in [2.75, 3.05) is 11.6 Å². The molecule has 0 fully saturated rings. The number of amides is 1. The molecule has 5 nitrogen and oxygen atoms in total. The maximum absolute atomic E-state index is 12.0. The number of anilines is 1. The molecule has 106 valence electrons. The van der Waals surface area contributed by atoms with Crippen LogP contribution in [-0.4, -0.2) is 17.1 Å². The molecular weight excluding hydrogens is 274 g/mol. The van der Waals surface area contributed by atoms with Gasteiger partial charge in [0.2, 0.25) is 5.89 Å². The Labute approximate surface area is 122 Å². The minimum absolute atomic E-state index is 0.234. The second kappa shape index (κ2) is 6.58. The van der Waals surface area contributed by atoms with Crippen LogP contribution in [0.15, 0.2) is 39.8 Å². The number of nitrogens with zero attached hydrogens (tertiary/aromatic N) is 1. The molecule has 1 atom stereocenters. The highest BCUT2D eigenvalue weighted by Gasteiger charge is 2.15. The number of hydrogen-bond acceptors (Lipinski definition) is 5. The second-order valence-corrected chi connectivity index (χ2v) is 5.15. The molecule has 0 saturated heterocycles. The first-order valence-corrected chi connectivity index (χ1v) is 7.53. The molecule has 0 saturated carbocycles. The molecule has 1 amide bonds. The van der Waals surface area contributed by atoms with Crippen LogP contribution in [0, 0.1) is 0 Å². The largest absolute Gasteiger partial charge is 0.446 e. The zero-order chi connectivity index (χ0) is 14.5. The number of aromatic nitrogens is 1. The van der Waals surface area contributed by atoms with Gasteiger partial charge < -0.3 is 15.5 Å². The SMILES string of the molecule is CCC(N)c1nc(C(=O)Nc2ccc(SC)cc2)co1. The van der Waals surface area contributed by atoms with Gasteiger partial charge in [0, 0.05) is 10.6 Å². The van der Waals surface area contributed by atoms with Crippen molar-refractivity contribution >= 4 is 23.4 Å². The van der Waals surface area contributed by atoms with E-state index in [9.17, 15) is 4.79 Å². The van der Waals surface area contributed by atoms with Crippen LogP contribution < -0.4 is 11.1 Å². The summed E-state index contributed by atoms with van der Waals surface area (Å²) in [7, 11) is 0. The monoisotopic (exact) mass is 291 g/mol. The fraction of sp³-hybridized carbons (Fsp3) is 0.286. The Kier molecular flexibility index (Phi) is 4.81. The first-order chi connectivity index (χ1) is 9.63. The topological polar surface area (TPSA) is 81.1 Å². The summed E-state index contributed by atoms with van der Waals surface area (Å²) in [5, 5.41) is 2.77. The predicted octanol–water partition coefficient (Wildman–Crippen LogP) is 3.06. The van der Waals surface area contributed by atoms with Crippen LogP contribution in [0.25, 0.3) is 0 Å². The molecule has 3 N–H and O–H groups in total. The van der Waals surface area contributed by atoms with Gasteiger partial charge in [0.1, 0.15) is 6.26 Å². The fourth-order valence-corrected chi connectivity index (χ4v) is 2.01. The van der Waals surface area contributed by atoms with Crippen LogP contribution in [0.1, 0.15) is 35.8 Å². The Morgan fingerprint density at radius 3 is 2.75 bits per heavy atom. The number of nitrogens with two attached hydrogens (primary N) is 1. The predicted molar refractivity (Wildman–Crippen MR) is 79.9 cm³/mol. The van der Waals surface area contributed by atoms with E-state index < -0.39 is 0 Å². The molecule has 0 aliphatic heterocycles. The molecule has 0 radical (unpaired) electrons. The van der Waals surface area contributed by atoms with Gasteiger partial charge >= 0.3 is 0 Å². The summed E-state index contributed by atoms with van der Waals surface area (Å²) in [6, 6.07) is 7.31. The van der Waals surface area contributed by atoms with E-state index in [1.165, 1.54) is 6.26 Å². The molecule has 1 heterocycles. The Hall–Kier alpha value is -1.79. The number of oxazole rings is 1. The average Bonchev–Trinajstić information content (AvgIpc) is 2.97. The van der Waals surface area contributed by atoms with Crippen molar-refractivity contribution in [2.24, 2.45) is 5.73 Å². The smallest absolute Gasteiger partial charge is 0.277 e. The zero-order valence-corrected chi connectivity index (χ0v) is 12.2. The Balaban J connectivity index is 2.05. The number of hydrogen-bond donors (Lipinski definition) is 2. The van der Waals surface area contributed by atoms with Crippen LogP contribution in [0.3, 0.4) is 0 Å². The third kappa shape index (κ3) is 3.40. The van der Waals surface area contributed by atoms with E-state index >= 15 is 0 Å². The van der Waals surface area contributed by atoms with Gasteiger partial charge in [0.25, 0.3) is 5.91 Å². The van der Waals surface area contributed by atoms with Crippen molar-refractivity contribution in [2.45, 2.75) is 24.3 Å². The molecule has 1 unspecified atom stereocenters. The van der Waals surface area contributed by atoms with E-state index in [1.54, 1.807) is 11.8 Å². The second-order valence-electron chi connectivity index (χ2n) is 4.27. The highest BCUT2D eigenvalue weighted by atomic mass is 32.2. The van der Waals surface area contributed by atoms with Gasteiger partial charge in [-0.05, 0) is 36.9 Å². The molecule has 1 aromatic carbocycles. The van der Waals surface area contributed by atoms with E-state index in [-0.39, 0.29) is 17.6 Å². The third-order valence-corrected chi connectivity index (χ3v) is 3.60. The van der Waals surface area contributed by atoms with Crippen LogP contribution in [0.4, 0.5) is 5.69 Å². The van der Waals surface area contributed by atoms with Gasteiger partial charge in [-0.3, -0.25) is 4.79 Å². The molecule has 0 bridgehead atoms. The van der Waals surface area contributed by atoms with Gasteiger partial charge in [-0.1, -0.05) is 6.92 Å². The van der Waals surface area contributed by atoms with Crippen molar-refractivity contribution < 1.29 is 9.21 Å². The van der Waals surface area contributed by atoms with Gasteiger partial charge in [0.15, 0.2) is 5.69 Å². The minimum atomic E-state index is -0.305. The number of carbonyl (C=O) groups excluding carboxylic acids is 1. The highest BCUT2D eigenvalue weighted by molar-refractivity contribution is 7.98. The van der Waals surface area contributed by atoms with Gasteiger partial charge in [-0.15, -0.1) is 11.8 Å². The Morgan fingerprint density at radius 2 is 2.15 bits per heavy atom. The van der Waals surface area contributed by atoms with Crippen LogP contribution in [-0.2, 0) is 0 Å². The van der Waals surface area contributed by atoms with E-state index in [1.807, 2.05) is 37.4 Å². The summed E-state index contributed by atoms with van der Waals surface area (Å²) in [4.78, 5) is 17.3. The maximum atomic E-state index is 12.0. The molecule has 6 heteroatoms. The molecule has 2 aromatic rings. The molecule has 1 aromatic heterocycles.